The van der Waals surface area contributed by atoms with Crippen molar-refractivity contribution in [2.45, 2.75) is 13.8 Å². The summed E-state index contributed by atoms with van der Waals surface area (Å²) < 4.78 is 10.8. The quantitative estimate of drug-likeness (QED) is 0.777. The summed E-state index contributed by atoms with van der Waals surface area (Å²) in [6.07, 6.45) is 0. The third-order valence-electron chi connectivity index (χ3n) is 3.77. The predicted octanol–water partition coefficient (Wildman–Crippen LogP) is 1.27. The van der Waals surface area contributed by atoms with Gasteiger partial charge in [0.05, 0.1) is 13.2 Å². The number of rotatable bonds is 6. The van der Waals surface area contributed by atoms with Gasteiger partial charge in [-0.05, 0) is 37.1 Å². The Kier molecular flexibility index (Phi) is 6.48. The van der Waals surface area contributed by atoms with E-state index in [-0.39, 0.29) is 12.8 Å². The number of hydrogen-bond acceptors (Lipinski definition) is 4. The number of ether oxygens (including phenoxy) is 2. The monoisotopic (exact) mass is 307 g/mol. The number of hydrogen-bond donors (Lipinski definition) is 2. The highest BCUT2D eigenvalue weighted by Crippen LogP contribution is 2.15. The van der Waals surface area contributed by atoms with Crippen LogP contribution in [0.3, 0.4) is 0 Å². The van der Waals surface area contributed by atoms with E-state index in [2.05, 4.69) is 22.5 Å². The molecule has 1 aromatic carbocycles. The van der Waals surface area contributed by atoms with Crippen LogP contribution in [-0.4, -0.2) is 57.1 Å². The number of amides is 2. The molecular formula is C16H25N3O3. The van der Waals surface area contributed by atoms with Crippen molar-refractivity contribution in [1.82, 2.24) is 15.5 Å². The third kappa shape index (κ3) is 5.54. The summed E-state index contributed by atoms with van der Waals surface area (Å²) in [6, 6.07) is 5.66. The van der Waals surface area contributed by atoms with Gasteiger partial charge >= 0.3 is 6.03 Å². The van der Waals surface area contributed by atoms with Crippen LogP contribution in [0.25, 0.3) is 0 Å². The first-order chi connectivity index (χ1) is 10.6. The molecule has 0 bridgehead atoms. The molecule has 0 radical (unpaired) electrons. The number of nitrogens with one attached hydrogen (secondary N) is 2. The number of nitrogens with zero attached hydrogens (tertiary/aromatic N) is 1. The van der Waals surface area contributed by atoms with Gasteiger partial charge in [-0.2, -0.15) is 0 Å². The zero-order chi connectivity index (χ0) is 15.8. The lowest BCUT2D eigenvalue weighted by Gasteiger charge is -2.26. The van der Waals surface area contributed by atoms with Gasteiger partial charge in [0.1, 0.15) is 5.75 Å². The Balaban J connectivity index is 1.58. The highest BCUT2D eigenvalue weighted by molar-refractivity contribution is 5.73. The highest BCUT2D eigenvalue weighted by atomic mass is 16.5. The number of benzene rings is 1. The van der Waals surface area contributed by atoms with Gasteiger partial charge in [-0.3, -0.25) is 4.90 Å². The summed E-state index contributed by atoms with van der Waals surface area (Å²) in [4.78, 5) is 13.9. The SMILES string of the molecule is Cc1ccc(OCNC(=O)NCCN2CCOCC2)cc1C. The third-order valence-corrected chi connectivity index (χ3v) is 3.77. The van der Waals surface area contributed by atoms with Crippen LogP contribution < -0.4 is 15.4 Å². The average molecular weight is 307 g/mol. The molecule has 2 N–H and O–H groups in total. The van der Waals surface area contributed by atoms with Gasteiger partial charge in [-0.1, -0.05) is 6.07 Å². The number of urea groups is 1. The van der Waals surface area contributed by atoms with E-state index < -0.39 is 0 Å². The first kappa shape index (κ1) is 16.6. The molecule has 1 aliphatic rings. The molecule has 1 fully saturated rings. The van der Waals surface area contributed by atoms with Gasteiger partial charge in [0.25, 0.3) is 0 Å². The van der Waals surface area contributed by atoms with Crippen LogP contribution in [0.2, 0.25) is 0 Å². The van der Waals surface area contributed by atoms with Crippen molar-refractivity contribution in [2.24, 2.45) is 0 Å². The van der Waals surface area contributed by atoms with Crippen molar-refractivity contribution < 1.29 is 14.3 Å². The van der Waals surface area contributed by atoms with Gasteiger partial charge in [0, 0.05) is 26.2 Å². The van der Waals surface area contributed by atoms with Crippen LogP contribution in [0, 0.1) is 13.8 Å². The van der Waals surface area contributed by atoms with E-state index in [1.54, 1.807) is 0 Å². The fraction of sp³-hybridized carbons (Fsp3) is 0.562. The maximum Gasteiger partial charge on any atom is 0.317 e. The summed E-state index contributed by atoms with van der Waals surface area (Å²) in [5, 5.41) is 5.51. The zero-order valence-electron chi connectivity index (χ0n) is 13.4. The van der Waals surface area contributed by atoms with Crippen LogP contribution in [-0.2, 0) is 4.74 Å². The zero-order valence-corrected chi connectivity index (χ0v) is 13.4. The normalized spacial score (nSPS) is 15.4. The van der Waals surface area contributed by atoms with Crippen LogP contribution in [0.4, 0.5) is 4.79 Å². The highest BCUT2D eigenvalue weighted by Gasteiger charge is 2.09. The molecule has 1 aromatic rings. The Morgan fingerprint density at radius 1 is 1.23 bits per heavy atom. The molecule has 0 atom stereocenters. The van der Waals surface area contributed by atoms with Gasteiger partial charge in [-0.25, -0.2) is 4.79 Å². The Labute approximate surface area is 131 Å². The number of morpholine rings is 1. The molecule has 0 aromatic heterocycles. The fourth-order valence-electron chi connectivity index (χ4n) is 2.20. The average Bonchev–Trinajstić information content (AvgIpc) is 2.52. The molecule has 122 valence electrons. The Morgan fingerprint density at radius 2 is 2.00 bits per heavy atom. The molecule has 1 heterocycles. The second kappa shape index (κ2) is 8.60. The standard InChI is InChI=1S/C16H25N3O3/c1-13-3-4-15(11-14(13)2)22-12-18-16(20)17-5-6-19-7-9-21-10-8-19/h3-4,11H,5-10,12H2,1-2H3,(H2,17,18,20). The molecule has 22 heavy (non-hydrogen) atoms. The van der Waals surface area contributed by atoms with Gasteiger partial charge in [0.15, 0.2) is 6.73 Å². The van der Waals surface area contributed by atoms with Crippen molar-refractivity contribution in [1.29, 1.82) is 0 Å². The molecule has 0 aliphatic carbocycles. The molecule has 1 saturated heterocycles. The molecule has 6 heteroatoms. The molecular weight excluding hydrogens is 282 g/mol. The van der Waals surface area contributed by atoms with E-state index in [1.165, 1.54) is 11.1 Å². The van der Waals surface area contributed by atoms with Crippen LogP contribution in [0.5, 0.6) is 5.75 Å². The van der Waals surface area contributed by atoms with Gasteiger partial charge in [-0.15, -0.1) is 0 Å². The van der Waals surface area contributed by atoms with Crippen molar-refractivity contribution in [3.8, 4) is 5.75 Å². The van der Waals surface area contributed by atoms with Crippen molar-refractivity contribution in [2.75, 3.05) is 46.1 Å². The van der Waals surface area contributed by atoms with E-state index in [9.17, 15) is 4.79 Å². The van der Waals surface area contributed by atoms with E-state index in [0.717, 1.165) is 38.6 Å². The minimum Gasteiger partial charge on any atom is -0.473 e. The van der Waals surface area contributed by atoms with Crippen LogP contribution >= 0.6 is 0 Å². The van der Waals surface area contributed by atoms with Gasteiger partial charge < -0.3 is 20.1 Å². The fourth-order valence-corrected chi connectivity index (χ4v) is 2.20. The topological polar surface area (TPSA) is 62.8 Å². The maximum absolute atomic E-state index is 11.7. The van der Waals surface area contributed by atoms with Crippen molar-refractivity contribution >= 4 is 6.03 Å². The molecule has 0 saturated carbocycles. The number of carbonyl (C=O) groups excluding carboxylic acids is 1. The smallest absolute Gasteiger partial charge is 0.317 e. The number of aryl methyl sites for hydroxylation is 2. The lowest BCUT2D eigenvalue weighted by molar-refractivity contribution is 0.0387. The molecule has 2 rings (SSSR count). The second-order valence-corrected chi connectivity index (χ2v) is 5.42. The molecule has 0 spiro atoms. The summed E-state index contributed by atoms with van der Waals surface area (Å²) in [5.41, 5.74) is 2.40. The van der Waals surface area contributed by atoms with E-state index in [4.69, 9.17) is 9.47 Å². The van der Waals surface area contributed by atoms with E-state index in [1.807, 2.05) is 25.1 Å². The van der Waals surface area contributed by atoms with Crippen molar-refractivity contribution in [3.63, 3.8) is 0 Å². The summed E-state index contributed by atoms with van der Waals surface area (Å²) in [6.45, 7) is 9.12. The first-order valence-corrected chi connectivity index (χ1v) is 7.67. The predicted molar refractivity (Wildman–Crippen MR) is 85.2 cm³/mol. The van der Waals surface area contributed by atoms with Crippen LogP contribution in [0.1, 0.15) is 11.1 Å². The van der Waals surface area contributed by atoms with Gasteiger partial charge in [0.2, 0.25) is 0 Å². The molecule has 6 nitrogen and oxygen atoms in total. The second-order valence-electron chi connectivity index (χ2n) is 5.42. The van der Waals surface area contributed by atoms with E-state index >= 15 is 0 Å². The largest absolute Gasteiger partial charge is 0.473 e. The van der Waals surface area contributed by atoms with E-state index in [0.29, 0.717) is 6.54 Å². The summed E-state index contributed by atoms with van der Waals surface area (Å²) >= 11 is 0. The van der Waals surface area contributed by atoms with Crippen molar-refractivity contribution in [3.05, 3.63) is 29.3 Å². The minimum atomic E-state index is -0.211. The van der Waals surface area contributed by atoms with Crippen LogP contribution in [0.15, 0.2) is 18.2 Å². The lowest BCUT2D eigenvalue weighted by Crippen LogP contribution is -2.44. The molecule has 1 aliphatic heterocycles. The Bertz CT molecular complexity index is 488. The molecule has 2 amide bonds. The lowest BCUT2D eigenvalue weighted by atomic mass is 10.1. The minimum absolute atomic E-state index is 0.159. The number of carbonyl (C=O) groups is 1. The molecule has 0 unspecified atom stereocenters. The first-order valence-electron chi connectivity index (χ1n) is 7.67. The Hall–Kier alpha value is -1.79. The summed E-state index contributed by atoms with van der Waals surface area (Å²) in [7, 11) is 0. The Morgan fingerprint density at radius 3 is 2.73 bits per heavy atom. The summed E-state index contributed by atoms with van der Waals surface area (Å²) in [5.74, 6) is 0.761. The maximum atomic E-state index is 11.7.